The van der Waals surface area contributed by atoms with Crippen molar-refractivity contribution < 1.29 is 0 Å². The van der Waals surface area contributed by atoms with Gasteiger partial charge in [0.25, 0.3) is 0 Å². The van der Waals surface area contributed by atoms with E-state index in [2.05, 4.69) is 54.0 Å². The van der Waals surface area contributed by atoms with Crippen LogP contribution in [0.1, 0.15) is 43.2 Å². The van der Waals surface area contributed by atoms with Gasteiger partial charge >= 0.3 is 0 Å². The first-order valence-corrected chi connectivity index (χ1v) is 10.3. The Hall–Kier alpha value is -2.88. The minimum atomic E-state index is 0.477. The van der Waals surface area contributed by atoms with Crippen LogP contribution in [0.15, 0.2) is 60.7 Å². The second kappa shape index (κ2) is 8.87. The van der Waals surface area contributed by atoms with Gasteiger partial charge in [0.1, 0.15) is 5.82 Å². The summed E-state index contributed by atoms with van der Waals surface area (Å²) in [4.78, 5) is 9.55. The van der Waals surface area contributed by atoms with Gasteiger partial charge in [-0.3, -0.25) is 0 Å². The highest BCUT2D eigenvalue weighted by atomic mass is 15.2. The maximum Gasteiger partial charge on any atom is 0.225 e. The molecule has 0 bridgehead atoms. The summed E-state index contributed by atoms with van der Waals surface area (Å²) in [5.41, 5.74) is 4.57. The average molecular weight is 373 g/mol. The minimum Gasteiger partial charge on any atom is -0.366 e. The fourth-order valence-corrected chi connectivity index (χ4v) is 3.69. The van der Waals surface area contributed by atoms with E-state index in [-0.39, 0.29) is 0 Å². The summed E-state index contributed by atoms with van der Waals surface area (Å²) in [5, 5.41) is 7.05. The lowest BCUT2D eigenvalue weighted by atomic mass is 9.96. The first-order valence-electron chi connectivity index (χ1n) is 10.3. The molecule has 2 aromatic carbocycles. The number of rotatable bonds is 6. The van der Waals surface area contributed by atoms with Crippen LogP contribution in [0.4, 0.5) is 11.8 Å². The van der Waals surface area contributed by atoms with Crippen LogP contribution >= 0.6 is 0 Å². The highest BCUT2D eigenvalue weighted by Crippen LogP contribution is 2.24. The van der Waals surface area contributed by atoms with Crippen LogP contribution in [0.2, 0.25) is 0 Å². The first kappa shape index (κ1) is 18.5. The number of nitrogens with one attached hydrogen (secondary N) is 2. The summed E-state index contributed by atoms with van der Waals surface area (Å²) in [6.45, 7) is 2.85. The minimum absolute atomic E-state index is 0.477. The lowest BCUT2D eigenvalue weighted by Crippen LogP contribution is -2.23. The molecule has 0 aliphatic heterocycles. The maximum atomic E-state index is 4.80. The fourth-order valence-electron chi connectivity index (χ4n) is 3.69. The molecule has 1 aliphatic carbocycles. The molecule has 4 nitrogen and oxygen atoms in total. The van der Waals surface area contributed by atoms with E-state index in [1.54, 1.807) is 0 Å². The Bertz CT molecular complexity index is 884. The van der Waals surface area contributed by atoms with Crippen LogP contribution in [-0.4, -0.2) is 16.0 Å². The molecule has 4 heteroatoms. The zero-order valence-electron chi connectivity index (χ0n) is 16.5. The Morgan fingerprint density at radius 3 is 2.39 bits per heavy atom. The van der Waals surface area contributed by atoms with Gasteiger partial charge in [-0.15, -0.1) is 0 Å². The van der Waals surface area contributed by atoms with Gasteiger partial charge in [0, 0.05) is 24.2 Å². The molecule has 1 aromatic heterocycles. The molecule has 0 unspecified atom stereocenters. The van der Waals surface area contributed by atoms with Gasteiger partial charge in [0.05, 0.1) is 5.69 Å². The van der Waals surface area contributed by atoms with Crippen molar-refractivity contribution in [3.05, 3.63) is 71.8 Å². The van der Waals surface area contributed by atoms with E-state index in [9.17, 15) is 0 Å². The van der Waals surface area contributed by atoms with E-state index in [1.165, 1.54) is 43.2 Å². The van der Waals surface area contributed by atoms with Gasteiger partial charge in [-0.2, -0.15) is 4.98 Å². The monoisotopic (exact) mass is 372 g/mol. The molecule has 1 aliphatic rings. The summed E-state index contributed by atoms with van der Waals surface area (Å²) >= 11 is 0. The fraction of sp³-hybridized carbons (Fsp3) is 0.333. The molecule has 1 fully saturated rings. The summed E-state index contributed by atoms with van der Waals surface area (Å²) in [6, 6.07) is 21.4. The predicted octanol–water partition coefficient (Wildman–Crippen LogP) is 5.81. The predicted molar refractivity (Wildman–Crippen MR) is 116 cm³/mol. The van der Waals surface area contributed by atoms with Crippen LogP contribution < -0.4 is 10.6 Å². The van der Waals surface area contributed by atoms with Crippen LogP contribution in [0.5, 0.6) is 0 Å². The molecular formula is C24H28N4. The summed E-state index contributed by atoms with van der Waals surface area (Å²) < 4.78 is 0. The van der Waals surface area contributed by atoms with E-state index in [0.717, 1.165) is 29.6 Å². The van der Waals surface area contributed by atoms with Gasteiger partial charge < -0.3 is 10.6 Å². The molecule has 1 heterocycles. The Morgan fingerprint density at radius 1 is 0.893 bits per heavy atom. The number of hydrogen-bond donors (Lipinski definition) is 2. The van der Waals surface area contributed by atoms with Gasteiger partial charge in [0.2, 0.25) is 5.95 Å². The lowest BCUT2D eigenvalue weighted by molar-refractivity contribution is 0.461. The normalized spacial score (nSPS) is 14.6. The van der Waals surface area contributed by atoms with Crippen molar-refractivity contribution in [2.75, 3.05) is 10.6 Å². The largest absolute Gasteiger partial charge is 0.366 e. The van der Waals surface area contributed by atoms with Gasteiger partial charge in [-0.25, -0.2) is 4.98 Å². The molecule has 0 radical (unpaired) electrons. The molecular weight excluding hydrogens is 344 g/mol. The second-order valence-electron chi connectivity index (χ2n) is 7.65. The zero-order valence-corrected chi connectivity index (χ0v) is 16.5. The lowest BCUT2D eigenvalue weighted by Gasteiger charge is -2.23. The average Bonchev–Trinajstić information content (AvgIpc) is 2.75. The smallest absolute Gasteiger partial charge is 0.225 e. The molecule has 4 rings (SSSR count). The number of hydrogen-bond acceptors (Lipinski definition) is 4. The standard InChI is InChI=1S/C24H28N4/c1-18-12-14-19(15-13-18)17-25-23-16-22(20-8-4-2-5-9-20)27-24(28-23)26-21-10-6-3-7-11-21/h2,4-5,8-9,12-16,21H,3,6-7,10-11,17H2,1H3,(H2,25,26,27,28). The van der Waals surface area contributed by atoms with Crippen molar-refractivity contribution in [3.63, 3.8) is 0 Å². The molecule has 144 valence electrons. The maximum absolute atomic E-state index is 4.80. The Kier molecular flexibility index (Phi) is 5.86. The third-order valence-electron chi connectivity index (χ3n) is 5.33. The van der Waals surface area contributed by atoms with Crippen LogP contribution in [0, 0.1) is 6.92 Å². The molecule has 28 heavy (non-hydrogen) atoms. The number of anilines is 2. The quantitative estimate of drug-likeness (QED) is 0.573. The SMILES string of the molecule is Cc1ccc(CNc2cc(-c3ccccc3)nc(NC3CCCCC3)n2)cc1. The molecule has 3 aromatic rings. The Morgan fingerprint density at radius 2 is 1.64 bits per heavy atom. The molecule has 0 atom stereocenters. The van der Waals surface area contributed by atoms with Crippen LogP contribution in [0.25, 0.3) is 11.3 Å². The van der Waals surface area contributed by atoms with Crippen molar-refractivity contribution in [2.45, 2.75) is 51.6 Å². The number of benzene rings is 2. The molecule has 2 N–H and O–H groups in total. The van der Waals surface area contributed by atoms with Crippen molar-refractivity contribution in [2.24, 2.45) is 0 Å². The molecule has 0 saturated heterocycles. The molecule has 0 spiro atoms. The van der Waals surface area contributed by atoms with Crippen molar-refractivity contribution in [1.82, 2.24) is 9.97 Å². The van der Waals surface area contributed by atoms with Crippen LogP contribution in [0.3, 0.4) is 0 Å². The van der Waals surface area contributed by atoms with E-state index < -0.39 is 0 Å². The van der Waals surface area contributed by atoms with Gasteiger partial charge in [0.15, 0.2) is 0 Å². The zero-order chi connectivity index (χ0) is 19.2. The summed E-state index contributed by atoms with van der Waals surface area (Å²) in [6.07, 6.45) is 6.31. The third-order valence-corrected chi connectivity index (χ3v) is 5.33. The first-order chi connectivity index (χ1) is 13.8. The van der Waals surface area contributed by atoms with Gasteiger partial charge in [-0.05, 0) is 25.3 Å². The Labute approximate surface area is 167 Å². The molecule has 1 saturated carbocycles. The highest BCUT2D eigenvalue weighted by molar-refractivity contribution is 5.64. The summed E-state index contributed by atoms with van der Waals surface area (Å²) in [5.74, 6) is 1.58. The Balaban J connectivity index is 1.56. The van der Waals surface area contributed by atoms with E-state index in [4.69, 9.17) is 9.97 Å². The van der Waals surface area contributed by atoms with E-state index >= 15 is 0 Å². The van der Waals surface area contributed by atoms with Crippen LogP contribution in [-0.2, 0) is 6.54 Å². The van der Waals surface area contributed by atoms with Crippen molar-refractivity contribution >= 4 is 11.8 Å². The second-order valence-corrected chi connectivity index (χ2v) is 7.65. The summed E-state index contributed by atoms with van der Waals surface area (Å²) in [7, 11) is 0. The third kappa shape index (κ3) is 4.89. The highest BCUT2D eigenvalue weighted by Gasteiger charge is 2.15. The molecule has 0 amide bonds. The van der Waals surface area contributed by atoms with Crippen molar-refractivity contribution in [3.8, 4) is 11.3 Å². The van der Waals surface area contributed by atoms with E-state index in [0.29, 0.717) is 6.04 Å². The van der Waals surface area contributed by atoms with Crippen molar-refractivity contribution in [1.29, 1.82) is 0 Å². The number of aryl methyl sites for hydroxylation is 1. The van der Waals surface area contributed by atoms with E-state index in [1.807, 2.05) is 24.3 Å². The topological polar surface area (TPSA) is 49.8 Å². The number of nitrogens with zero attached hydrogens (tertiary/aromatic N) is 2. The number of aromatic nitrogens is 2. The van der Waals surface area contributed by atoms with Gasteiger partial charge in [-0.1, -0.05) is 79.4 Å².